The van der Waals surface area contributed by atoms with E-state index in [4.69, 9.17) is 0 Å². The van der Waals surface area contributed by atoms with Crippen LogP contribution in [-0.4, -0.2) is 50.3 Å². The van der Waals surface area contributed by atoms with Gasteiger partial charge in [-0.15, -0.1) is 18.3 Å². The van der Waals surface area contributed by atoms with Crippen LogP contribution in [0.15, 0.2) is 83.0 Å². The van der Waals surface area contributed by atoms with E-state index in [2.05, 4.69) is 31.7 Å². The molecule has 5 rings (SSSR count). The molecule has 0 saturated carbocycles. The van der Waals surface area contributed by atoms with Crippen LogP contribution in [0, 0.1) is 5.82 Å². The fraction of sp³-hybridized carbons (Fsp3) is 0.281. The number of thioether (sulfide) groups is 1. The Morgan fingerprint density at radius 3 is 2.53 bits per heavy atom. The van der Waals surface area contributed by atoms with E-state index in [0.717, 1.165) is 34.6 Å². The van der Waals surface area contributed by atoms with Crippen LogP contribution in [0.1, 0.15) is 44.2 Å². The number of alkyl halides is 3. The first-order valence-corrected chi connectivity index (χ1v) is 15.2. The van der Waals surface area contributed by atoms with Gasteiger partial charge in [-0.05, 0) is 72.9 Å². The van der Waals surface area contributed by atoms with Crippen LogP contribution in [0.4, 0.5) is 28.0 Å². The van der Waals surface area contributed by atoms with Crippen LogP contribution >= 0.6 is 11.8 Å². The van der Waals surface area contributed by atoms with Crippen molar-refractivity contribution in [2.75, 3.05) is 10.7 Å². The van der Waals surface area contributed by atoms with Crippen LogP contribution in [0.25, 0.3) is 17.1 Å². The number of amidine groups is 1. The van der Waals surface area contributed by atoms with Gasteiger partial charge in [0.25, 0.3) is 0 Å². The Labute approximate surface area is 261 Å². The van der Waals surface area contributed by atoms with Crippen LogP contribution in [0.2, 0.25) is 0 Å². The highest BCUT2D eigenvalue weighted by atomic mass is 32.2. The third kappa shape index (κ3) is 8.15. The lowest BCUT2D eigenvalue weighted by atomic mass is 9.99. The number of hydrogen-bond donors (Lipinski definition) is 0. The molecule has 234 valence electrons. The summed E-state index contributed by atoms with van der Waals surface area (Å²) in [5, 5.41) is 4.96. The molecule has 1 aromatic heterocycles. The van der Waals surface area contributed by atoms with E-state index >= 15 is 0 Å². The second-order valence-corrected chi connectivity index (χ2v) is 11.7. The molecule has 1 atom stereocenters. The van der Waals surface area contributed by atoms with Crippen molar-refractivity contribution in [2.24, 2.45) is 9.98 Å². The minimum absolute atomic E-state index is 0.0857. The van der Waals surface area contributed by atoms with Gasteiger partial charge in [-0.3, -0.25) is 0 Å². The number of carbonyl (C=O) groups is 1. The number of aliphatic imine (C=N–C) groups is 2. The fourth-order valence-corrected chi connectivity index (χ4v) is 5.99. The van der Waals surface area contributed by atoms with E-state index < -0.39 is 12.4 Å². The SMILES string of the molecule is CC(C)c1cc(F)ccc1N1C(=NC(=O)N=CCc2ccc(-c3ncn(-c4ccc(OC(F)(F)F)cc4)n3)cc2)SCCC1C. The molecule has 0 bridgehead atoms. The summed E-state index contributed by atoms with van der Waals surface area (Å²) >= 11 is 1.48. The second-order valence-electron chi connectivity index (χ2n) is 10.7. The number of nitrogens with zero attached hydrogens (tertiary/aromatic N) is 6. The first-order valence-electron chi connectivity index (χ1n) is 14.2. The van der Waals surface area contributed by atoms with Crippen LogP contribution < -0.4 is 9.64 Å². The highest BCUT2D eigenvalue weighted by Gasteiger charge is 2.31. The minimum Gasteiger partial charge on any atom is -0.406 e. The molecule has 8 nitrogen and oxygen atoms in total. The molecule has 3 aromatic carbocycles. The molecule has 0 radical (unpaired) electrons. The molecule has 2 heterocycles. The number of hydrogen-bond acceptors (Lipinski definition) is 5. The molecule has 1 aliphatic heterocycles. The molecule has 1 fully saturated rings. The Bertz CT molecular complexity index is 1700. The van der Waals surface area contributed by atoms with Crippen molar-refractivity contribution in [2.45, 2.75) is 51.9 Å². The smallest absolute Gasteiger partial charge is 0.406 e. The summed E-state index contributed by atoms with van der Waals surface area (Å²) in [6.07, 6.45) is -0.486. The summed E-state index contributed by atoms with van der Waals surface area (Å²) in [5.74, 6) is 0.709. The van der Waals surface area contributed by atoms with E-state index in [-0.39, 0.29) is 23.5 Å². The lowest BCUT2D eigenvalue weighted by Gasteiger charge is -2.37. The number of amides is 2. The Morgan fingerprint density at radius 2 is 1.84 bits per heavy atom. The molecule has 0 N–H and O–H groups in total. The van der Waals surface area contributed by atoms with Gasteiger partial charge in [0.2, 0.25) is 0 Å². The fourth-order valence-electron chi connectivity index (χ4n) is 4.79. The predicted octanol–water partition coefficient (Wildman–Crippen LogP) is 8.22. The number of benzene rings is 3. The molecule has 4 aromatic rings. The van der Waals surface area contributed by atoms with Gasteiger partial charge in [0.15, 0.2) is 11.0 Å². The van der Waals surface area contributed by atoms with Crippen molar-refractivity contribution in [1.82, 2.24) is 14.8 Å². The Balaban J connectivity index is 1.22. The molecule has 0 spiro atoms. The highest BCUT2D eigenvalue weighted by molar-refractivity contribution is 8.14. The topological polar surface area (TPSA) is 85.0 Å². The summed E-state index contributed by atoms with van der Waals surface area (Å²) in [6, 6.07) is 16.9. The summed E-state index contributed by atoms with van der Waals surface area (Å²) < 4.78 is 56.6. The van der Waals surface area contributed by atoms with Gasteiger partial charge < -0.3 is 9.64 Å². The molecule has 1 unspecified atom stereocenters. The average Bonchev–Trinajstić information content (AvgIpc) is 3.48. The zero-order valence-corrected chi connectivity index (χ0v) is 25.5. The Hall–Kier alpha value is -4.52. The van der Waals surface area contributed by atoms with E-state index in [1.165, 1.54) is 65.4 Å². The van der Waals surface area contributed by atoms with Crippen molar-refractivity contribution in [3.05, 3.63) is 90.0 Å². The van der Waals surface area contributed by atoms with Gasteiger partial charge in [0, 0.05) is 35.7 Å². The molecular formula is C32H30F4N6O2S. The predicted molar refractivity (Wildman–Crippen MR) is 168 cm³/mol. The van der Waals surface area contributed by atoms with E-state index in [0.29, 0.717) is 23.1 Å². The second kappa shape index (κ2) is 13.6. The maximum Gasteiger partial charge on any atom is 0.573 e. The lowest BCUT2D eigenvalue weighted by Crippen LogP contribution is -2.42. The average molecular weight is 639 g/mol. The molecule has 1 saturated heterocycles. The first-order chi connectivity index (χ1) is 21.5. The maximum atomic E-state index is 14.0. The summed E-state index contributed by atoms with van der Waals surface area (Å²) in [4.78, 5) is 27.4. The summed E-state index contributed by atoms with van der Waals surface area (Å²) in [5.41, 5.74) is 3.85. The molecule has 1 aliphatic rings. The van der Waals surface area contributed by atoms with Gasteiger partial charge in [-0.1, -0.05) is 49.9 Å². The number of urea groups is 1. The minimum atomic E-state index is -4.76. The number of carbonyl (C=O) groups excluding carboxylic acids is 1. The summed E-state index contributed by atoms with van der Waals surface area (Å²) in [7, 11) is 0. The third-order valence-corrected chi connectivity index (χ3v) is 8.03. The van der Waals surface area contributed by atoms with Gasteiger partial charge >= 0.3 is 12.4 Å². The van der Waals surface area contributed by atoms with E-state index in [9.17, 15) is 22.4 Å². The molecular weight excluding hydrogens is 608 g/mol. The van der Waals surface area contributed by atoms with Crippen LogP contribution in [-0.2, 0) is 6.42 Å². The summed E-state index contributed by atoms with van der Waals surface area (Å²) in [6.45, 7) is 6.07. The number of anilines is 1. The Morgan fingerprint density at radius 1 is 1.11 bits per heavy atom. The van der Waals surface area contributed by atoms with Crippen molar-refractivity contribution in [3.63, 3.8) is 0 Å². The largest absolute Gasteiger partial charge is 0.573 e. The van der Waals surface area contributed by atoms with Crippen molar-refractivity contribution in [1.29, 1.82) is 0 Å². The number of rotatable bonds is 7. The molecule has 0 aliphatic carbocycles. The van der Waals surface area contributed by atoms with Crippen molar-refractivity contribution >= 4 is 34.9 Å². The van der Waals surface area contributed by atoms with Gasteiger partial charge in [-0.25, -0.2) is 23.8 Å². The van der Waals surface area contributed by atoms with Gasteiger partial charge in [-0.2, -0.15) is 4.99 Å². The third-order valence-electron chi connectivity index (χ3n) is 7.04. The molecule has 13 heteroatoms. The van der Waals surface area contributed by atoms with Crippen LogP contribution in [0.5, 0.6) is 5.75 Å². The number of ether oxygens (including phenoxy) is 1. The lowest BCUT2D eigenvalue weighted by molar-refractivity contribution is -0.274. The van der Waals surface area contributed by atoms with Crippen LogP contribution in [0.3, 0.4) is 0 Å². The van der Waals surface area contributed by atoms with E-state index in [1.54, 1.807) is 6.07 Å². The standard InChI is InChI=1S/C32H30F4N6O2S/c1-20(2)27-18-24(33)8-13-28(27)42-21(3)15-17-45-31(42)39-30(43)37-16-14-22-4-6-23(7-5-22)29-38-19-41(40-29)25-9-11-26(12-10-25)44-32(34,35)36/h4-13,16,18-21H,14-15,17H2,1-3H3. The first kappa shape index (κ1) is 31.9. The zero-order chi connectivity index (χ0) is 32.1. The molecule has 2 amide bonds. The maximum absolute atomic E-state index is 14.0. The highest BCUT2D eigenvalue weighted by Crippen LogP contribution is 2.35. The number of aromatic nitrogens is 3. The Kier molecular flexibility index (Phi) is 9.66. The van der Waals surface area contributed by atoms with Crippen molar-refractivity contribution in [3.8, 4) is 22.8 Å². The van der Waals surface area contributed by atoms with Crippen molar-refractivity contribution < 1.29 is 27.1 Å². The quantitative estimate of drug-likeness (QED) is 0.150. The number of halogens is 4. The van der Waals surface area contributed by atoms with Gasteiger partial charge in [0.1, 0.15) is 17.9 Å². The monoisotopic (exact) mass is 638 g/mol. The zero-order valence-electron chi connectivity index (χ0n) is 24.7. The molecule has 45 heavy (non-hydrogen) atoms. The van der Waals surface area contributed by atoms with Gasteiger partial charge in [0.05, 0.1) is 5.69 Å². The van der Waals surface area contributed by atoms with E-state index in [1.807, 2.05) is 43.0 Å². The normalized spacial score (nSPS) is 16.6.